The Balaban J connectivity index is 2.05. The van der Waals surface area contributed by atoms with Crippen LogP contribution in [0.25, 0.3) is 0 Å². The fourth-order valence-electron chi connectivity index (χ4n) is 2.02. The van der Waals surface area contributed by atoms with Gasteiger partial charge in [0, 0.05) is 18.5 Å². The molecule has 0 aliphatic heterocycles. The fraction of sp³-hybridized carbons (Fsp3) is 0.636. The van der Waals surface area contributed by atoms with Crippen LogP contribution in [0.15, 0.2) is 16.3 Å². The second-order valence-electron chi connectivity index (χ2n) is 4.64. The Hall–Kier alpha value is -0.430. The largest absolute Gasteiger partial charge is 0.393 e. The van der Waals surface area contributed by atoms with E-state index in [0.29, 0.717) is 29.5 Å². The van der Waals surface area contributed by atoms with Gasteiger partial charge in [0.05, 0.1) is 6.10 Å². The molecule has 0 aromatic carbocycles. The van der Waals surface area contributed by atoms with E-state index in [0.717, 1.165) is 4.88 Å². The Bertz CT molecular complexity index is 489. The first-order chi connectivity index (χ1) is 7.89. The average Bonchev–Trinajstić information content (AvgIpc) is 2.63. The molecule has 0 radical (unpaired) electrons. The molecule has 1 aromatic rings. The monoisotopic (exact) mass is 275 g/mol. The predicted octanol–water partition coefficient (Wildman–Crippen LogP) is 1.45. The highest BCUT2D eigenvalue weighted by molar-refractivity contribution is 7.91. The Morgan fingerprint density at radius 3 is 2.59 bits per heavy atom. The van der Waals surface area contributed by atoms with E-state index in [9.17, 15) is 13.5 Å². The number of hydrogen-bond acceptors (Lipinski definition) is 4. The van der Waals surface area contributed by atoms with E-state index in [1.165, 1.54) is 15.6 Å². The predicted molar refractivity (Wildman–Crippen MR) is 67.6 cm³/mol. The molecule has 6 heteroatoms. The zero-order chi connectivity index (χ0) is 12.6. The molecule has 0 saturated heterocycles. The summed E-state index contributed by atoms with van der Waals surface area (Å²) in [6.07, 6.45) is 1.19. The van der Waals surface area contributed by atoms with Gasteiger partial charge in [-0.15, -0.1) is 11.3 Å². The maximum absolute atomic E-state index is 12.2. The topological polar surface area (TPSA) is 57.6 Å². The maximum Gasteiger partial charge on any atom is 0.252 e. The van der Waals surface area contributed by atoms with Crippen molar-refractivity contribution in [1.82, 2.24) is 4.31 Å². The normalized spacial score (nSPS) is 24.9. The standard InChI is InChI=1S/C11H17NO3S2/c1-8-3-4-11(16-8)17(14,15)12(2)7-9-5-10(13)6-9/h3-4,9-10,13H,5-7H2,1-2H3. The molecular weight excluding hydrogens is 258 g/mol. The molecular formula is C11H17NO3S2. The lowest BCUT2D eigenvalue weighted by molar-refractivity contribution is 0.0367. The summed E-state index contributed by atoms with van der Waals surface area (Å²) in [7, 11) is -1.73. The summed E-state index contributed by atoms with van der Waals surface area (Å²) in [6.45, 7) is 2.39. The molecule has 96 valence electrons. The average molecular weight is 275 g/mol. The first kappa shape index (κ1) is 13.0. The van der Waals surface area contributed by atoms with Gasteiger partial charge in [-0.25, -0.2) is 8.42 Å². The summed E-state index contributed by atoms with van der Waals surface area (Å²) in [5.74, 6) is 0.297. The minimum atomic E-state index is -3.34. The van der Waals surface area contributed by atoms with Gasteiger partial charge >= 0.3 is 0 Å². The molecule has 0 amide bonds. The van der Waals surface area contributed by atoms with Crippen LogP contribution < -0.4 is 0 Å². The molecule has 1 N–H and O–H groups in total. The molecule has 17 heavy (non-hydrogen) atoms. The molecule has 1 aromatic heterocycles. The van der Waals surface area contributed by atoms with E-state index < -0.39 is 10.0 Å². The third-order valence-electron chi connectivity index (χ3n) is 3.11. The van der Waals surface area contributed by atoms with Crippen molar-refractivity contribution in [2.24, 2.45) is 5.92 Å². The zero-order valence-corrected chi connectivity index (χ0v) is 11.6. The number of nitrogens with zero attached hydrogens (tertiary/aromatic N) is 1. The van der Waals surface area contributed by atoms with Crippen molar-refractivity contribution in [3.8, 4) is 0 Å². The first-order valence-corrected chi connectivity index (χ1v) is 7.86. The third-order valence-corrected chi connectivity index (χ3v) is 6.40. The van der Waals surface area contributed by atoms with Gasteiger partial charge in [-0.05, 0) is 37.8 Å². The van der Waals surface area contributed by atoms with Crippen molar-refractivity contribution < 1.29 is 13.5 Å². The number of rotatable bonds is 4. The van der Waals surface area contributed by atoms with Crippen molar-refractivity contribution in [2.75, 3.05) is 13.6 Å². The Morgan fingerprint density at radius 1 is 1.47 bits per heavy atom. The van der Waals surface area contributed by atoms with Gasteiger partial charge in [-0.1, -0.05) is 0 Å². The van der Waals surface area contributed by atoms with Crippen molar-refractivity contribution in [3.63, 3.8) is 0 Å². The van der Waals surface area contributed by atoms with Crippen LogP contribution in [0, 0.1) is 12.8 Å². The Morgan fingerprint density at radius 2 is 2.12 bits per heavy atom. The van der Waals surface area contributed by atoms with Crippen molar-refractivity contribution in [2.45, 2.75) is 30.1 Å². The molecule has 0 atom stereocenters. The SMILES string of the molecule is Cc1ccc(S(=O)(=O)N(C)CC2CC(O)C2)s1. The summed E-state index contributed by atoms with van der Waals surface area (Å²) in [5.41, 5.74) is 0. The first-order valence-electron chi connectivity index (χ1n) is 5.60. The molecule has 1 saturated carbocycles. The minimum Gasteiger partial charge on any atom is -0.393 e. The van der Waals surface area contributed by atoms with Crippen LogP contribution in [-0.4, -0.2) is 37.5 Å². The summed E-state index contributed by atoms with van der Waals surface area (Å²) in [4.78, 5) is 0.996. The van der Waals surface area contributed by atoms with Crippen molar-refractivity contribution in [3.05, 3.63) is 17.0 Å². The van der Waals surface area contributed by atoms with Gasteiger partial charge in [-0.3, -0.25) is 0 Å². The molecule has 4 nitrogen and oxygen atoms in total. The Labute approximate surface area is 106 Å². The lowest BCUT2D eigenvalue weighted by Crippen LogP contribution is -2.39. The van der Waals surface area contributed by atoms with Gasteiger partial charge < -0.3 is 5.11 Å². The number of thiophene rings is 1. The van der Waals surface area contributed by atoms with Gasteiger partial charge in [0.2, 0.25) is 0 Å². The number of hydrogen-bond donors (Lipinski definition) is 1. The fourth-order valence-corrected chi connectivity index (χ4v) is 4.76. The highest BCUT2D eigenvalue weighted by atomic mass is 32.2. The summed E-state index contributed by atoms with van der Waals surface area (Å²) < 4.78 is 26.2. The van der Waals surface area contributed by atoms with Crippen LogP contribution in [0.3, 0.4) is 0 Å². The van der Waals surface area contributed by atoms with Gasteiger partial charge in [0.25, 0.3) is 10.0 Å². The van der Waals surface area contributed by atoms with Crippen molar-refractivity contribution >= 4 is 21.4 Å². The quantitative estimate of drug-likeness (QED) is 0.905. The van der Waals surface area contributed by atoms with Gasteiger partial charge in [-0.2, -0.15) is 4.31 Å². The van der Waals surface area contributed by atoms with Crippen molar-refractivity contribution in [1.29, 1.82) is 0 Å². The number of aliphatic hydroxyl groups excluding tert-OH is 1. The molecule has 1 fully saturated rings. The second-order valence-corrected chi connectivity index (χ2v) is 8.20. The van der Waals surface area contributed by atoms with E-state index in [2.05, 4.69) is 0 Å². The summed E-state index contributed by atoms with van der Waals surface area (Å²) >= 11 is 1.30. The third kappa shape index (κ3) is 2.70. The lowest BCUT2D eigenvalue weighted by atomic mass is 9.82. The van der Waals surface area contributed by atoms with Crippen LogP contribution in [0.1, 0.15) is 17.7 Å². The molecule has 1 aliphatic rings. The molecule has 2 rings (SSSR count). The van der Waals surface area contributed by atoms with Crippen LogP contribution in [0.4, 0.5) is 0 Å². The van der Waals surface area contributed by atoms with E-state index in [4.69, 9.17) is 0 Å². The van der Waals surface area contributed by atoms with Gasteiger partial charge in [0.15, 0.2) is 0 Å². The van der Waals surface area contributed by atoms with Crippen LogP contribution in [-0.2, 0) is 10.0 Å². The molecule has 0 spiro atoms. The van der Waals surface area contributed by atoms with Crippen LogP contribution in [0.5, 0.6) is 0 Å². The number of sulfonamides is 1. The smallest absolute Gasteiger partial charge is 0.252 e. The maximum atomic E-state index is 12.2. The second kappa shape index (κ2) is 4.68. The van der Waals surface area contributed by atoms with Gasteiger partial charge in [0.1, 0.15) is 4.21 Å². The summed E-state index contributed by atoms with van der Waals surface area (Å²) in [6, 6.07) is 3.47. The molecule has 1 aliphatic carbocycles. The minimum absolute atomic E-state index is 0.236. The van der Waals surface area contributed by atoms with E-state index in [1.807, 2.05) is 13.0 Å². The summed E-state index contributed by atoms with van der Waals surface area (Å²) in [5, 5.41) is 9.19. The number of aryl methyl sites for hydroxylation is 1. The van der Waals surface area contributed by atoms with E-state index >= 15 is 0 Å². The van der Waals surface area contributed by atoms with E-state index in [-0.39, 0.29) is 6.10 Å². The molecule has 0 unspecified atom stereocenters. The molecule has 1 heterocycles. The van der Waals surface area contributed by atoms with Crippen LogP contribution in [0.2, 0.25) is 0 Å². The molecule has 0 bridgehead atoms. The van der Waals surface area contributed by atoms with Crippen LogP contribution >= 0.6 is 11.3 Å². The highest BCUT2D eigenvalue weighted by Crippen LogP contribution is 2.30. The highest BCUT2D eigenvalue weighted by Gasteiger charge is 2.32. The Kier molecular flexibility index (Phi) is 3.58. The zero-order valence-electron chi connectivity index (χ0n) is 9.96. The number of aliphatic hydroxyl groups is 1. The lowest BCUT2D eigenvalue weighted by Gasteiger charge is -2.33. The van der Waals surface area contributed by atoms with E-state index in [1.54, 1.807) is 13.1 Å².